The molecule has 2 N–H and O–H groups in total. The molecular weight excluding hydrogens is 370 g/mol. The molecule has 0 fully saturated rings. The second-order valence-electron chi connectivity index (χ2n) is 8.11. The molecule has 1 aliphatic rings. The molecule has 0 saturated carbocycles. The number of H-pyrrole nitrogens is 1. The molecule has 2 heterocycles. The molecule has 0 saturated heterocycles. The molecule has 4 heteroatoms. The van der Waals surface area contributed by atoms with Crippen molar-refractivity contribution in [3.05, 3.63) is 83.7 Å². The van der Waals surface area contributed by atoms with Crippen LogP contribution >= 0.6 is 0 Å². The molecule has 152 valence electrons. The highest BCUT2D eigenvalue weighted by atomic mass is 16.5. The van der Waals surface area contributed by atoms with E-state index in [-0.39, 0.29) is 0 Å². The average molecular weight is 398 g/mol. The quantitative estimate of drug-likeness (QED) is 0.436. The van der Waals surface area contributed by atoms with Crippen molar-refractivity contribution in [3.8, 4) is 17.0 Å². The van der Waals surface area contributed by atoms with E-state index < -0.39 is 0 Å². The van der Waals surface area contributed by atoms with Crippen LogP contribution in [0.3, 0.4) is 0 Å². The molecule has 0 aliphatic heterocycles. The van der Waals surface area contributed by atoms with Crippen molar-refractivity contribution in [2.75, 3.05) is 7.11 Å². The number of nitrogens with one attached hydrogen (secondary N) is 2. The summed E-state index contributed by atoms with van der Waals surface area (Å²) in [4.78, 5) is 8.08. The number of hydrogen-bond donors (Lipinski definition) is 2. The first-order valence-corrected chi connectivity index (χ1v) is 10.7. The zero-order valence-corrected chi connectivity index (χ0v) is 17.5. The SMILES string of the molecule is COc1ccc(-c2ccc3[nH]c4c(c3c2)CCCC4NC(C)c2ccccc2)cn1. The molecular formula is C26H27N3O. The Bertz CT molecular complexity index is 1150. The Morgan fingerprint density at radius 2 is 1.90 bits per heavy atom. The molecule has 0 amide bonds. The first-order valence-electron chi connectivity index (χ1n) is 10.7. The van der Waals surface area contributed by atoms with Gasteiger partial charge in [-0.2, -0.15) is 0 Å². The van der Waals surface area contributed by atoms with Gasteiger partial charge in [0.15, 0.2) is 0 Å². The van der Waals surface area contributed by atoms with Crippen LogP contribution in [0, 0.1) is 0 Å². The van der Waals surface area contributed by atoms with E-state index in [0.29, 0.717) is 18.0 Å². The Labute approximate surface area is 177 Å². The van der Waals surface area contributed by atoms with Crippen LogP contribution in [0.15, 0.2) is 66.9 Å². The third-order valence-corrected chi connectivity index (χ3v) is 6.24. The van der Waals surface area contributed by atoms with Crippen LogP contribution in [0.1, 0.15) is 48.7 Å². The molecule has 2 unspecified atom stereocenters. The maximum Gasteiger partial charge on any atom is 0.212 e. The number of aromatic amines is 1. The van der Waals surface area contributed by atoms with E-state index in [2.05, 4.69) is 76.8 Å². The van der Waals surface area contributed by atoms with Crippen LogP contribution in [0.25, 0.3) is 22.0 Å². The summed E-state index contributed by atoms with van der Waals surface area (Å²) in [6, 6.07) is 22.0. The van der Waals surface area contributed by atoms with E-state index in [1.165, 1.54) is 39.7 Å². The Kier molecular flexibility index (Phi) is 5.01. The van der Waals surface area contributed by atoms with Crippen LogP contribution < -0.4 is 10.1 Å². The summed E-state index contributed by atoms with van der Waals surface area (Å²) >= 11 is 0. The lowest BCUT2D eigenvalue weighted by atomic mass is 9.90. The lowest BCUT2D eigenvalue weighted by Gasteiger charge is -2.27. The van der Waals surface area contributed by atoms with Gasteiger partial charge in [0.1, 0.15) is 0 Å². The number of fused-ring (bicyclic) bond motifs is 3. The predicted octanol–water partition coefficient (Wildman–Crippen LogP) is 5.97. The van der Waals surface area contributed by atoms with E-state index in [0.717, 1.165) is 18.4 Å². The summed E-state index contributed by atoms with van der Waals surface area (Å²) in [6.45, 7) is 2.25. The van der Waals surface area contributed by atoms with Crippen molar-refractivity contribution >= 4 is 10.9 Å². The molecule has 30 heavy (non-hydrogen) atoms. The van der Waals surface area contributed by atoms with E-state index in [1.54, 1.807) is 7.11 Å². The molecule has 2 aromatic carbocycles. The monoisotopic (exact) mass is 397 g/mol. The van der Waals surface area contributed by atoms with Crippen LogP contribution in [-0.2, 0) is 6.42 Å². The number of aryl methyl sites for hydroxylation is 1. The summed E-state index contributed by atoms with van der Waals surface area (Å²) < 4.78 is 5.19. The van der Waals surface area contributed by atoms with Gasteiger partial charge < -0.3 is 15.0 Å². The zero-order valence-electron chi connectivity index (χ0n) is 17.5. The minimum absolute atomic E-state index is 0.314. The number of aromatic nitrogens is 2. The van der Waals surface area contributed by atoms with Gasteiger partial charge in [0.25, 0.3) is 0 Å². The Morgan fingerprint density at radius 1 is 1.07 bits per heavy atom. The Hall–Kier alpha value is -3.11. The topological polar surface area (TPSA) is 49.9 Å². The zero-order chi connectivity index (χ0) is 20.5. The van der Waals surface area contributed by atoms with Gasteiger partial charge in [-0.05, 0) is 61.1 Å². The van der Waals surface area contributed by atoms with Gasteiger partial charge in [-0.25, -0.2) is 4.98 Å². The van der Waals surface area contributed by atoms with Crippen molar-refractivity contribution in [1.82, 2.24) is 15.3 Å². The molecule has 0 radical (unpaired) electrons. The van der Waals surface area contributed by atoms with Gasteiger partial charge in [-0.3, -0.25) is 0 Å². The first kappa shape index (κ1) is 18.9. The number of methoxy groups -OCH3 is 1. The van der Waals surface area contributed by atoms with E-state index in [4.69, 9.17) is 4.74 Å². The third-order valence-electron chi connectivity index (χ3n) is 6.24. The van der Waals surface area contributed by atoms with Crippen LogP contribution in [0.2, 0.25) is 0 Å². The lowest BCUT2D eigenvalue weighted by Crippen LogP contribution is -2.27. The largest absolute Gasteiger partial charge is 0.481 e. The molecule has 1 aliphatic carbocycles. The van der Waals surface area contributed by atoms with Crippen LogP contribution in [0.4, 0.5) is 0 Å². The molecule has 2 aromatic heterocycles. The maximum atomic E-state index is 5.19. The van der Waals surface area contributed by atoms with E-state index in [1.807, 2.05) is 12.3 Å². The fourth-order valence-corrected chi connectivity index (χ4v) is 4.62. The fourth-order valence-electron chi connectivity index (χ4n) is 4.62. The standard InChI is InChI=1S/C26H27N3O/c1-17(18-7-4-3-5-8-18)28-24-10-6-9-21-22-15-19(11-13-23(22)29-26(21)24)20-12-14-25(30-2)27-16-20/h3-5,7-8,11-17,24,28-29H,6,9-10H2,1-2H3. The lowest BCUT2D eigenvalue weighted by molar-refractivity contribution is 0.398. The number of rotatable bonds is 5. The maximum absolute atomic E-state index is 5.19. The van der Waals surface area contributed by atoms with Gasteiger partial charge in [0, 0.05) is 46.5 Å². The minimum Gasteiger partial charge on any atom is -0.481 e. The van der Waals surface area contributed by atoms with Crippen molar-refractivity contribution in [1.29, 1.82) is 0 Å². The highest BCUT2D eigenvalue weighted by Crippen LogP contribution is 2.37. The summed E-state index contributed by atoms with van der Waals surface area (Å²) in [5.41, 5.74) is 7.64. The van der Waals surface area contributed by atoms with Crippen molar-refractivity contribution in [2.24, 2.45) is 0 Å². The number of ether oxygens (including phenoxy) is 1. The number of benzene rings is 2. The van der Waals surface area contributed by atoms with E-state index in [9.17, 15) is 0 Å². The Balaban J connectivity index is 1.47. The van der Waals surface area contributed by atoms with Gasteiger partial charge in [0.2, 0.25) is 5.88 Å². The first-order chi connectivity index (χ1) is 14.7. The molecule has 4 aromatic rings. The number of hydrogen-bond acceptors (Lipinski definition) is 3. The summed E-state index contributed by atoms with van der Waals surface area (Å²) in [6.07, 6.45) is 5.36. The van der Waals surface area contributed by atoms with Crippen molar-refractivity contribution in [2.45, 2.75) is 38.3 Å². The van der Waals surface area contributed by atoms with Gasteiger partial charge >= 0.3 is 0 Å². The summed E-state index contributed by atoms with van der Waals surface area (Å²) in [5.74, 6) is 0.639. The molecule has 5 rings (SSSR count). The number of nitrogens with zero attached hydrogens (tertiary/aromatic N) is 1. The third kappa shape index (κ3) is 3.48. The Morgan fingerprint density at radius 3 is 2.67 bits per heavy atom. The van der Waals surface area contributed by atoms with Crippen molar-refractivity contribution < 1.29 is 4.74 Å². The van der Waals surface area contributed by atoms with Crippen LogP contribution in [-0.4, -0.2) is 17.1 Å². The summed E-state index contributed by atoms with van der Waals surface area (Å²) in [5, 5.41) is 5.19. The second-order valence-corrected chi connectivity index (χ2v) is 8.11. The van der Waals surface area contributed by atoms with Gasteiger partial charge in [0.05, 0.1) is 7.11 Å². The summed E-state index contributed by atoms with van der Waals surface area (Å²) in [7, 11) is 1.64. The van der Waals surface area contributed by atoms with Gasteiger partial charge in [-0.15, -0.1) is 0 Å². The van der Waals surface area contributed by atoms with Crippen molar-refractivity contribution in [3.63, 3.8) is 0 Å². The second kappa shape index (κ2) is 7.96. The smallest absolute Gasteiger partial charge is 0.212 e. The molecule has 4 nitrogen and oxygen atoms in total. The minimum atomic E-state index is 0.314. The normalized spacial score (nSPS) is 16.9. The highest BCUT2D eigenvalue weighted by Gasteiger charge is 2.25. The molecule has 2 atom stereocenters. The molecule has 0 spiro atoms. The predicted molar refractivity (Wildman–Crippen MR) is 122 cm³/mol. The molecule has 0 bridgehead atoms. The van der Waals surface area contributed by atoms with Crippen LogP contribution in [0.5, 0.6) is 5.88 Å². The fraction of sp³-hybridized carbons (Fsp3) is 0.269. The van der Waals surface area contributed by atoms with E-state index >= 15 is 0 Å². The average Bonchev–Trinajstić information content (AvgIpc) is 3.19. The highest BCUT2D eigenvalue weighted by molar-refractivity contribution is 5.89. The number of pyridine rings is 1. The van der Waals surface area contributed by atoms with Gasteiger partial charge in [-0.1, -0.05) is 36.4 Å².